The lowest BCUT2D eigenvalue weighted by Gasteiger charge is -2.14. The van der Waals surface area contributed by atoms with Gasteiger partial charge in [0.25, 0.3) is 5.91 Å². The van der Waals surface area contributed by atoms with E-state index in [0.717, 1.165) is 29.0 Å². The van der Waals surface area contributed by atoms with E-state index in [0.29, 0.717) is 5.56 Å². The zero-order chi connectivity index (χ0) is 18.4. The van der Waals surface area contributed by atoms with Gasteiger partial charge in [-0.15, -0.1) is 0 Å². The molecular formula is C21H26BrNO2. The van der Waals surface area contributed by atoms with Gasteiger partial charge in [-0.05, 0) is 66.3 Å². The maximum Gasteiger partial charge on any atom is 0.251 e. The van der Waals surface area contributed by atoms with E-state index in [1.165, 1.54) is 11.1 Å². The Balaban J connectivity index is 0.000000511. The number of rotatable bonds is 3. The largest absolute Gasteiger partial charge is 0.497 e. The summed E-state index contributed by atoms with van der Waals surface area (Å²) >= 11 is 3.49. The van der Waals surface area contributed by atoms with Crippen molar-refractivity contribution >= 4 is 21.8 Å². The van der Waals surface area contributed by atoms with Crippen molar-refractivity contribution in [2.75, 3.05) is 7.11 Å². The Hall–Kier alpha value is -1.81. The third kappa shape index (κ3) is 5.60. The predicted octanol–water partition coefficient (Wildman–Crippen LogP) is 5.54. The number of hydrogen-bond acceptors (Lipinski definition) is 2. The van der Waals surface area contributed by atoms with Crippen LogP contribution in [-0.2, 0) is 6.42 Å². The predicted molar refractivity (Wildman–Crippen MR) is 106 cm³/mol. The van der Waals surface area contributed by atoms with Crippen molar-refractivity contribution in [1.29, 1.82) is 0 Å². The van der Waals surface area contributed by atoms with Gasteiger partial charge in [0.05, 0.1) is 13.2 Å². The fourth-order valence-electron chi connectivity index (χ4n) is 2.72. The highest BCUT2D eigenvalue weighted by atomic mass is 79.9. The summed E-state index contributed by atoms with van der Waals surface area (Å²) in [7, 11) is 1.61. The summed E-state index contributed by atoms with van der Waals surface area (Å²) in [6.07, 6.45) is 1.95. The lowest BCUT2D eigenvalue weighted by Crippen LogP contribution is -2.27. The minimum absolute atomic E-state index is 0.0431. The molecule has 0 bridgehead atoms. The smallest absolute Gasteiger partial charge is 0.251 e. The first kappa shape index (κ1) is 19.5. The first-order chi connectivity index (χ1) is 11.9. The maximum absolute atomic E-state index is 12.3. The molecule has 1 aliphatic carbocycles. The van der Waals surface area contributed by atoms with Gasteiger partial charge in [-0.3, -0.25) is 4.79 Å². The van der Waals surface area contributed by atoms with E-state index in [-0.39, 0.29) is 11.9 Å². The van der Waals surface area contributed by atoms with E-state index in [1.807, 2.05) is 6.07 Å². The van der Waals surface area contributed by atoms with Crippen LogP contribution in [-0.4, -0.2) is 13.0 Å². The molecule has 1 aliphatic rings. The second-order valence-electron chi connectivity index (χ2n) is 6.87. The Labute approximate surface area is 158 Å². The molecule has 3 rings (SSSR count). The van der Waals surface area contributed by atoms with Gasteiger partial charge in [-0.2, -0.15) is 0 Å². The van der Waals surface area contributed by atoms with Gasteiger partial charge in [0.2, 0.25) is 0 Å². The molecule has 134 valence electrons. The summed E-state index contributed by atoms with van der Waals surface area (Å²) in [5, 5.41) is 3.11. The topological polar surface area (TPSA) is 38.3 Å². The number of carbonyl (C=O) groups excluding carboxylic acids is 1. The number of aryl methyl sites for hydroxylation is 1. The quantitative estimate of drug-likeness (QED) is 0.730. The van der Waals surface area contributed by atoms with Crippen LogP contribution in [0.15, 0.2) is 46.9 Å². The Morgan fingerprint density at radius 3 is 2.40 bits per heavy atom. The monoisotopic (exact) mass is 403 g/mol. The summed E-state index contributed by atoms with van der Waals surface area (Å²) in [5.41, 5.74) is 3.19. The van der Waals surface area contributed by atoms with Crippen LogP contribution in [0.5, 0.6) is 5.75 Å². The van der Waals surface area contributed by atoms with Crippen LogP contribution in [0.2, 0.25) is 0 Å². The molecule has 1 atom stereocenters. The van der Waals surface area contributed by atoms with Crippen LogP contribution in [0.1, 0.15) is 54.7 Å². The molecule has 1 N–H and O–H groups in total. The van der Waals surface area contributed by atoms with Crippen molar-refractivity contribution in [3.05, 3.63) is 63.6 Å². The number of methoxy groups -OCH3 is 1. The van der Waals surface area contributed by atoms with Gasteiger partial charge in [0.15, 0.2) is 0 Å². The average molecular weight is 404 g/mol. The van der Waals surface area contributed by atoms with Crippen LogP contribution in [0.25, 0.3) is 0 Å². The van der Waals surface area contributed by atoms with Crippen molar-refractivity contribution in [3.8, 4) is 5.75 Å². The minimum atomic E-state index is -0.0431. The highest BCUT2D eigenvalue weighted by Crippen LogP contribution is 2.33. The van der Waals surface area contributed by atoms with Gasteiger partial charge < -0.3 is 10.1 Å². The number of fused-ring (bicyclic) bond motifs is 1. The molecule has 0 fully saturated rings. The van der Waals surface area contributed by atoms with E-state index in [1.54, 1.807) is 31.4 Å². The summed E-state index contributed by atoms with van der Waals surface area (Å²) in [6.45, 7) is 6.50. The van der Waals surface area contributed by atoms with Crippen LogP contribution in [0.4, 0.5) is 0 Å². The number of benzene rings is 2. The van der Waals surface area contributed by atoms with Crippen LogP contribution in [0, 0.1) is 5.92 Å². The molecule has 2 aromatic rings. The van der Waals surface area contributed by atoms with Crippen molar-refractivity contribution in [3.63, 3.8) is 0 Å². The second kappa shape index (κ2) is 9.04. The van der Waals surface area contributed by atoms with Gasteiger partial charge in [0.1, 0.15) is 5.75 Å². The number of ether oxygens (including phenoxy) is 1. The normalized spacial score (nSPS) is 15.2. The fourth-order valence-corrected chi connectivity index (χ4v) is 3.13. The number of hydrogen-bond donors (Lipinski definition) is 1. The SMILES string of the molecule is CC(C)C.COc1ccc(C(=O)NC2CCc3cc(Br)ccc32)cc1. The van der Waals surface area contributed by atoms with Gasteiger partial charge in [0, 0.05) is 10.0 Å². The van der Waals surface area contributed by atoms with Crippen molar-refractivity contribution < 1.29 is 9.53 Å². The van der Waals surface area contributed by atoms with Crippen molar-refractivity contribution in [1.82, 2.24) is 5.32 Å². The van der Waals surface area contributed by atoms with Crippen molar-refractivity contribution in [2.45, 2.75) is 39.7 Å². The molecule has 3 nitrogen and oxygen atoms in total. The van der Waals surface area contributed by atoms with Gasteiger partial charge >= 0.3 is 0 Å². The van der Waals surface area contributed by atoms with Gasteiger partial charge in [-0.1, -0.05) is 42.8 Å². The third-order valence-corrected chi connectivity index (χ3v) is 4.33. The van der Waals surface area contributed by atoms with Crippen LogP contribution < -0.4 is 10.1 Å². The molecule has 1 unspecified atom stereocenters. The minimum Gasteiger partial charge on any atom is -0.497 e. The molecule has 0 radical (unpaired) electrons. The standard InChI is InChI=1S/C17H16BrNO2.C4H10/c1-21-14-6-2-11(3-7-14)17(20)19-16-9-4-12-10-13(18)5-8-15(12)16;1-4(2)3/h2-3,5-8,10,16H,4,9H2,1H3,(H,19,20);4H,1-3H3. The third-order valence-electron chi connectivity index (χ3n) is 3.84. The zero-order valence-electron chi connectivity index (χ0n) is 15.3. The molecule has 0 aromatic heterocycles. The van der Waals surface area contributed by atoms with Crippen molar-refractivity contribution in [2.24, 2.45) is 5.92 Å². The first-order valence-corrected chi connectivity index (χ1v) is 9.43. The molecule has 2 aromatic carbocycles. The number of carbonyl (C=O) groups is 1. The fraction of sp³-hybridized carbons (Fsp3) is 0.381. The summed E-state index contributed by atoms with van der Waals surface area (Å²) in [4.78, 5) is 12.3. The lowest BCUT2D eigenvalue weighted by molar-refractivity contribution is 0.0936. The van der Waals surface area contributed by atoms with Gasteiger partial charge in [-0.25, -0.2) is 0 Å². The molecule has 1 amide bonds. The molecular weight excluding hydrogens is 378 g/mol. The van der Waals surface area contributed by atoms with E-state index < -0.39 is 0 Å². The number of amides is 1. The Morgan fingerprint density at radius 1 is 1.16 bits per heavy atom. The molecule has 0 saturated heterocycles. The van der Waals surface area contributed by atoms with Crippen LogP contribution >= 0.6 is 15.9 Å². The molecule has 0 aliphatic heterocycles. The Morgan fingerprint density at radius 2 is 1.80 bits per heavy atom. The molecule has 4 heteroatoms. The number of nitrogens with one attached hydrogen (secondary N) is 1. The Bertz CT molecular complexity index is 708. The first-order valence-electron chi connectivity index (χ1n) is 8.64. The second-order valence-corrected chi connectivity index (χ2v) is 7.78. The Kier molecular flexibility index (Phi) is 7.06. The van der Waals surface area contributed by atoms with E-state index >= 15 is 0 Å². The number of halogens is 1. The van der Waals surface area contributed by atoms with E-state index in [4.69, 9.17) is 4.74 Å². The summed E-state index contributed by atoms with van der Waals surface area (Å²) in [5.74, 6) is 1.54. The highest BCUT2D eigenvalue weighted by Gasteiger charge is 2.24. The van der Waals surface area contributed by atoms with Crippen LogP contribution in [0.3, 0.4) is 0 Å². The molecule has 0 heterocycles. The molecule has 25 heavy (non-hydrogen) atoms. The lowest BCUT2D eigenvalue weighted by atomic mass is 10.1. The average Bonchev–Trinajstić information content (AvgIpc) is 2.96. The summed E-state index contributed by atoms with van der Waals surface area (Å²) < 4.78 is 6.19. The molecule has 0 saturated carbocycles. The molecule has 0 spiro atoms. The van der Waals surface area contributed by atoms with E-state index in [9.17, 15) is 4.79 Å². The van der Waals surface area contributed by atoms with E-state index in [2.05, 4.69) is 54.2 Å². The maximum atomic E-state index is 12.3. The summed E-state index contributed by atoms with van der Waals surface area (Å²) in [6, 6.07) is 13.5. The zero-order valence-corrected chi connectivity index (χ0v) is 16.9. The highest BCUT2D eigenvalue weighted by molar-refractivity contribution is 9.10.